The molecule has 0 unspecified atom stereocenters. The topological polar surface area (TPSA) is 77.2 Å². The lowest BCUT2D eigenvalue weighted by atomic mass is 10.2. The summed E-state index contributed by atoms with van der Waals surface area (Å²) in [5.41, 5.74) is 3.13. The van der Waals surface area contributed by atoms with Gasteiger partial charge in [0.05, 0.1) is 19.4 Å². The molecule has 7 nitrogen and oxygen atoms in total. The van der Waals surface area contributed by atoms with Crippen LogP contribution in [-0.4, -0.2) is 29.3 Å². The van der Waals surface area contributed by atoms with Crippen molar-refractivity contribution >= 4 is 29.1 Å². The number of hydrogen-bond donors (Lipinski definition) is 1. The van der Waals surface area contributed by atoms with Gasteiger partial charge in [-0.3, -0.25) is 14.2 Å². The molecule has 0 atom stereocenters. The molecule has 0 saturated carbocycles. The minimum Gasteiger partial charge on any atom is -0.497 e. The van der Waals surface area contributed by atoms with Crippen LogP contribution in [0.25, 0.3) is 5.65 Å². The van der Waals surface area contributed by atoms with Crippen molar-refractivity contribution in [1.82, 2.24) is 9.38 Å². The molecule has 0 amide bonds. The molecule has 0 radical (unpaired) electrons. The van der Waals surface area contributed by atoms with Gasteiger partial charge in [0, 0.05) is 18.1 Å². The van der Waals surface area contributed by atoms with Crippen molar-refractivity contribution in [3.63, 3.8) is 0 Å². The number of aromatic nitrogens is 2. The molecule has 2 aromatic carbocycles. The first-order valence-corrected chi connectivity index (χ1v) is 10.3. The summed E-state index contributed by atoms with van der Waals surface area (Å²) in [6.07, 6.45) is 3.26. The third-order valence-electron chi connectivity index (χ3n) is 4.93. The van der Waals surface area contributed by atoms with Crippen LogP contribution in [0, 0.1) is 6.92 Å². The molecule has 0 saturated heterocycles. The van der Waals surface area contributed by atoms with Gasteiger partial charge in [0.2, 0.25) is 0 Å². The number of fused-ring (bicyclic) bond motifs is 1. The van der Waals surface area contributed by atoms with Gasteiger partial charge in [0.1, 0.15) is 28.5 Å². The van der Waals surface area contributed by atoms with Crippen molar-refractivity contribution in [3.05, 3.63) is 88.3 Å². The van der Waals surface area contributed by atoms with E-state index in [4.69, 9.17) is 14.5 Å². The summed E-state index contributed by atoms with van der Waals surface area (Å²) in [6, 6.07) is 18.6. The Labute approximate surface area is 186 Å². The highest BCUT2D eigenvalue weighted by Gasteiger charge is 2.13. The lowest BCUT2D eigenvalue weighted by Crippen LogP contribution is -2.22. The number of methoxy groups -OCH3 is 1. The van der Waals surface area contributed by atoms with Crippen molar-refractivity contribution in [2.75, 3.05) is 19.0 Å². The molecule has 162 valence electrons. The molecule has 0 aliphatic heterocycles. The smallest absolute Gasteiger partial charge is 0.268 e. The van der Waals surface area contributed by atoms with Gasteiger partial charge in [0.15, 0.2) is 0 Å². The second-order valence-electron chi connectivity index (χ2n) is 7.10. The van der Waals surface area contributed by atoms with Crippen LogP contribution in [0.5, 0.6) is 11.5 Å². The number of aryl methyl sites for hydroxylation is 1. The number of aliphatic imine (C=N–C) groups is 1. The second kappa shape index (κ2) is 9.34. The van der Waals surface area contributed by atoms with Crippen LogP contribution in [-0.2, 0) is 0 Å². The first-order valence-electron chi connectivity index (χ1n) is 10.3. The maximum atomic E-state index is 13.3. The van der Waals surface area contributed by atoms with Crippen molar-refractivity contribution in [2.45, 2.75) is 13.8 Å². The Bertz CT molecular complexity index is 1310. The zero-order valence-corrected chi connectivity index (χ0v) is 18.2. The highest BCUT2D eigenvalue weighted by atomic mass is 16.5. The number of rotatable bonds is 7. The lowest BCUT2D eigenvalue weighted by Gasteiger charge is -2.12. The molecule has 2 heterocycles. The molecule has 1 N–H and O–H groups in total. The van der Waals surface area contributed by atoms with Crippen LogP contribution < -0.4 is 20.3 Å². The fourth-order valence-electron chi connectivity index (χ4n) is 3.27. The Morgan fingerprint density at radius 1 is 1.06 bits per heavy atom. The van der Waals surface area contributed by atoms with E-state index in [0.717, 1.165) is 22.7 Å². The second-order valence-corrected chi connectivity index (χ2v) is 7.10. The van der Waals surface area contributed by atoms with Gasteiger partial charge >= 0.3 is 0 Å². The molecule has 0 aliphatic carbocycles. The van der Waals surface area contributed by atoms with E-state index >= 15 is 0 Å². The number of anilines is 2. The molecule has 4 aromatic rings. The van der Waals surface area contributed by atoms with Crippen LogP contribution in [0.1, 0.15) is 18.1 Å². The van der Waals surface area contributed by atoms with E-state index < -0.39 is 0 Å². The van der Waals surface area contributed by atoms with Gasteiger partial charge in [0.25, 0.3) is 5.56 Å². The Balaban J connectivity index is 1.77. The van der Waals surface area contributed by atoms with E-state index in [9.17, 15) is 4.79 Å². The number of ether oxygens (including phenoxy) is 2. The number of nitrogens with one attached hydrogen (secondary N) is 1. The summed E-state index contributed by atoms with van der Waals surface area (Å²) in [5.74, 6) is 1.95. The van der Waals surface area contributed by atoms with E-state index in [1.165, 1.54) is 4.40 Å². The molecule has 0 fully saturated rings. The van der Waals surface area contributed by atoms with Gasteiger partial charge in [-0.1, -0.05) is 6.07 Å². The average Bonchev–Trinajstić information content (AvgIpc) is 2.81. The molecular formula is C25H24N4O3. The highest BCUT2D eigenvalue weighted by molar-refractivity contribution is 5.89. The van der Waals surface area contributed by atoms with Crippen molar-refractivity contribution in [2.24, 2.45) is 4.99 Å². The molecular weight excluding hydrogens is 404 g/mol. The third kappa shape index (κ3) is 4.46. The summed E-state index contributed by atoms with van der Waals surface area (Å²) in [6.45, 7) is 4.46. The van der Waals surface area contributed by atoms with Gasteiger partial charge in [-0.05, 0) is 74.0 Å². The highest BCUT2D eigenvalue weighted by Crippen LogP contribution is 2.22. The van der Waals surface area contributed by atoms with Crippen LogP contribution in [0.4, 0.5) is 17.2 Å². The summed E-state index contributed by atoms with van der Waals surface area (Å²) >= 11 is 0. The number of pyridine rings is 1. The molecule has 0 aliphatic rings. The predicted molar refractivity (Wildman–Crippen MR) is 127 cm³/mol. The Morgan fingerprint density at radius 3 is 2.47 bits per heavy atom. The first kappa shape index (κ1) is 21.1. The minimum atomic E-state index is -0.204. The monoisotopic (exact) mass is 428 g/mol. The summed E-state index contributed by atoms with van der Waals surface area (Å²) in [5, 5.41) is 3.25. The van der Waals surface area contributed by atoms with E-state index in [-0.39, 0.29) is 5.56 Å². The van der Waals surface area contributed by atoms with E-state index in [1.807, 2.05) is 74.5 Å². The largest absolute Gasteiger partial charge is 0.497 e. The van der Waals surface area contributed by atoms with Crippen molar-refractivity contribution in [3.8, 4) is 11.5 Å². The number of benzene rings is 2. The van der Waals surface area contributed by atoms with Crippen LogP contribution in [0.3, 0.4) is 0 Å². The standard InChI is InChI=1S/C25H24N4O3/c1-4-32-21-13-7-18(8-14-21)26-16-22-23(27-19-9-11-20(31-3)12-10-19)28-24-17(2)6-5-15-29(24)25(22)30/h5-16,27H,4H2,1-3H3. The number of hydrogen-bond acceptors (Lipinski definition) is 6. The summed E-state index contributed by atoms with van der Waals surface area (Å²) in [4.78, 5) is 22.5. The normalized spacial score (nSPS) is 11.1. The van der Waals surface area contributed by atoms with Crippen molar-refractivity contribution in [1.29, 1.82) is 0 Å². The van der Waals surface area contributed by atoms with Gasteiger partial charge in [-0.15, -0.1) is 0 Å². The van der Waals surface area contributed by atoms with Gasteiger partial charge in [-0.25, -0.2) is 4.98 Å². The fraction of sp³-hybridized carbons (Fsp3) is 0.160. The molecule has 7 heteroatoms. The molecule has 32 heavy (non-hydrogen) atoms. The SMILES string of the molecule is CCOc1ccc(N=Cc2c(Nc3ccc(OC)cc3)nc3c(C)cccn3c2=O)cc1. The average molecular weight is 428 g/mol. The summed E-state index contributed by atoms with van der Waals surface area (Å²) < 4.78 is 12.2. The molecule has 4 rings (SSSR count). The number of nitrogens with zero attached hydrogens (tertiary/aromatic N) is 3. The molecule has 0 spiro atoms. The van der Waals surface area contributed by atoms with E-state index in [0.29, 0.717) is 29.3 Å². The maximum absolute atomic E-state index is 13.3. The van der Waals surface area contributed by atoms with Crippen LogP contribution in [0.15, 0.2) is 76.6 Å². The van der Waals surface area contributed by atoms with Crippen LogP contribution in [0.2, 0.25) is 0 Å². The first-order chi connectivity index (χ1) is 15.6. The van der Waals surface area contributed by atoms with Gasteiger partial charge < -0.3 is 14.8 Å². The zero-order valence-electron chi connectivity index (χ0n) is 18.2. The quantitative estimate of drug-likeness (QED) is 0.424. The Hall–Kier alpha value is -4.13. The lowest BCUT2D eigenvalue weighted by molar-refractivity contribution is 0.340. The Morgan fingerprint density at radius 2 is 1.78 bits per heavy atom. The fourth-order valence-corrected chi connectivity index (χ4v) is 3.27. The molecule has 2 aromatic heterocycles. The third-order valence-corrected chi connectivity index (χ3v) is 4.93. The Kier molecular flexibility index (Phi) is 6.17. The molecule has 0 bridgehead atoms. The minimum absolute atomic E-state index is 0.204. The van der Waals surface area contributed by atoms with Crippen LogP contribution >= 0.6 is 0 Å². The van der Waals surface area contributed by atoms with E-state index in [1.54, 1.807) is 19.5 Å². The van der Waals surface area contributed by atoms with E-state index in [2.05, 4.69) is 10.3 Å². The van der Waals surface area contributed by atoms with Gasteiger partial charge in [-0.2, -0.15) is 0 Å². The van der Waals surface area contributed by atoms with Crippen molar-refractivity contribution < 1.29 is 9.47 Å². The predicted octanol–water partition coefficient (Wildman–Crippen LogP) is 4.90. The summed E-state index contributed by atoms with van der Waals surface area (Å²) in [7, 11) is 1.62. The maximum Gasteiger partial charge on any atom is 0.268 e. The zero-order chi connectivity index (χ0) is 22.5.